The van der Waals surface area contributed by atoms with Gasteiger partial charge in [-0.15, -0.1) is 0 Å². The molecular weight excluding hydrogens is 422 g/mol. The Kier molecular flexibility index (Phi) is 5.22. The van der Waals surface area contributed by atoms with Crippen molar-refractivity contribution < 1.29 is 5.11 Å². The van der Waals surface area contributed by atoms with Gasteiger partial charge in [0.15, 0.2) is 5.60 Å². The lowest BCUT2D eigenvalue weighted by atomic mass is 9.82. The van der Waals surface area contributed by atoms with E-state index < -0.39 is 5.60 Å². The van der Waals surface area contributed by atoms with Crippen molar-refractivity contribution in [2.75, 3.05) is 0 Å². The van der Waals surface area contributed by atoms with Crippen LogP contribution in [0.15, 0.2) is 90.1 Å². The minimum Gasteiger partial charge on any atom is -0.374 e. The lowest BCUT2D eigenvalue weighted by Crippen LogP contribution is -2.31. The van der Waals surface area contributed by atoms with Gasteiger partial charge in [0.05, 0.1) is 23.7 Å². The zero-order valence-electron chi connectivity index (χ0n) is 19.8. The van der Waals surface area contributed by atoms with Crippen LogP contribution in [0.5, 0.6) is 0 Å². The second kappa shape index (κ2) is 8.12. The number of benzene rings is 3. The predicted molar refractivity (Wildman–Crippen MR) is 136 cm³/mol. The van der Waals surface area contributed by atoms with Gasteiger partial charge in [0.2, 0.25) is 0 Å². The Bertz CT molecular complexity index is 1580. The molecule has 170 valence electrons. The average molecular weight is 450 g/mol. The summed E-state index contributed by atoms with van der Waals surface area (Å²) in [4.78, 5) is 17.1. The van der Waals surface area contributed by atoms with Gasteiger partial charge >= 0.3 is 0 Å². The average Bonchev–Trinajstić information content (AvgIpc) is 3.28. The molecular formula is C29H27N3O2. The zero-order valence-corrected chi connectivity index (χ0v) is 19.8. The number of aliphatic hydroxyl groups is 1. The summed E-state index contributed by atoms with van der Waals surface area (Å²) in [6.07, 6.45) is 3.39. The Morgan fingerprint density at radius 3 is 2.24 bits per heavy atom. The Balaban J connectivity index is 1.85. The standard InChI is InChI=1S/C29H27N3O2/c1-19-9-11-21(12-10-19)29(34,27-17-30-18-31(27)3)22-13-14-26-25(15-22)24(16-28(33)32(26)4)23-8-6-5-7-20(23)2/h5-18,34H,1-4H3. The second-order valence-corrected chi connectivity index (χ2v) is 8.97. The fourth-order valence-corrected chi connectivity index (χ4v) is 4.75. The molecule has 1 unspecified atom stereocenters. The summed E-state index contributed by atoms with van der Waals surface area (Å²) < 4.78 is 3.49. The number of aryl methyl sites for hydroxylation is 4. The SMILES string of the molecule is Cc1ccc(C(O)(c2ccc3c(c2)c(-c2ccccc2C)cc(=O)n3C)c2cncn2C)cc1. The number of hydrogen-bond acceptors (Lipinski definition) is 3. The first-order chi connectivity index (χ1) is 16.3. The minimum atomic E-state index is -1.43. The molecule has 5 aromatic rings. The molecule has 2 heterocycles. The quantitative estimate of drug-likeness (QED) is 0.427. The van der Waals surface area contributed by atoms with Crippen LogP contribution in [0.3, 0.4) is 0 Å². The van der Waals surface area contributed by atoms with Gasteiger partial charge in [0.1, 0.15) is 0 Å². The smallest absolute Gasteiger partial charge is 0.251 e. The van der Waals surface area contributed by atoms with Crippen molar-refractivity contribution in [2.24, 2.45) is 14.1 Å². The number of fused-ring (bicyclic) bond motifs is 1. The number of nitrogens with zero attached hydrogens (tertiary/aromatic N) is 3. The lowest BCUT2D eigenvalue weighted by molar-refractivity contribution is 0.117. The van der Waals surface area contributed by atoms with Gasteiger partial charge in [-0.1, -0.05) is 60.2 Å². The molecule has 2 aromatic heterocycles. The zero-order chi connectivity index (χ0) is 24.0. The highest BCUT2D eigenvalue weighted by Gasteiger charge is 2.37. The summed E-state index contributed by atoms with van der Waals surface area (Å²) >= 11 is 0. The molecule has 0 aliphatic heterocycles. The van der Waals surface area contributed by atoms with Crippen LogP contribution in [0.25, 0.3) is 22.0 Å². The van der Waals surface area contributed by atoms with Gasteiger partial charge in [-0.05, 0) is 53.8 Å². The first-order valence-corrected chi connectivity index (χ1v) is 11.3. The Morgan fingerprint density at radius 2 is 1.56 bits per heavy atom. The molecule has 1 N–H and O–H groups in total. The Morgan fingerprint density at radius 1 is 0.853 bits per heavy atom. The van der Waals surface area contributed by atoms with E-state index in [1.165, 1.54) is 0 Å². The lowest BCUT2D eigenvalue weighted by Gasteiger charge is -2.30. The predicted octanol–water partition coefficient (Wildman–Crippen LogP) is 4.84. The first kappa shape index (κ1) is 21.9. The van der Waals surface area contributed by atoms with Crippen molar-refractivity contribution in [3.63, 3.8) is 0 Å². The maximum atomic E-state index is 12.8. The first-order valence-electron chi connectivity index (χ1n) is 11.3. The summed E-state index contributed by atoms with van der Waals surface area (Å²) in [5.41, 5.74) is 5.50. The van der Waals surface area contributed by atoms with E-state index in [0.717, 1.165) is 38.7 Å². The molecule has 0 radical (unpaired) electrons. The molecule has 0 saturated carbocycles. The van der Waals surface area contributed by atoms with E-state index in [2.05, 4.69) is 4.98 Å². The number of rotatable bonds is 4. The van der Waals surface area contributed by atoms with Crippen molar-refractivity contribution in [1.29, 1.82) is 0 Å². The number of imidazole rings is 1. The largest absolute Gasteiger partial charge is 0.374 e. The maximum absolute atomic E-state index is 12.8. The van der Waals surface area contributed by atoms with Crippen LogP contribution in [0.2, 0.25) is 0 Å². The van der Waals surface area contributed by atoms with Crippen LogP contribution in [-0.2, 0) is 19.7 Å². The topological polar surface area (TPSA) is 60.0 Å². The molecule has 5 rings (SSSR count). The fourth-order valence-electron chi connectivity index (χ4n) is 4.75. The highest BCUT2D eigenvalue weighted by atomic mass is 16.3. The van der Waals surface area contributed by atoms with Crippen LogP contribution >= 0.6 is 0 Å². The molecule has 1 atom stereocenters. The third-order valence-electron chi connectivity index (χ3n) is 6.76. The highest BCUT2D eigenvalue weighted by molar-refractivity contribution is 5.96. The van der Waals surface area contributed by atoms with E-state index in [4.69, 9.17) is 0 Å². The van der Waals surface area contributed by atoms with Gasteiger partial charge in [-0.25, -0.2) is 4.98 Å². The molecule has 0 aliphatic carbocycles. The Hall–Kier alpha value is -3.96. The normalized spacial score (nSPS) is 13.2. The molecule has 5 heteroatoms. The van der Waals surface area contributed by atoms with E-state index in [-0.39, 0.29) is 5.56 Å². The van der Waals surface area contributed by atoms with Gasteiger partial charge < -0.3 is 14.2 Å². The van der Waals surface area contributed by atoms with Crippen molar-refractivity contribution >= 4 is 10.9 Å². The number of aromatic nitrogens is 3. The molecule has 0 saturated heterocycles. The monoisotopic (exact) mass is 449 g/mol. The van der Waals surface area contributed by atoms with E-state index in [1.807, 2.05) is 92.2 Å². The molecule has 0 bridgehead atoms. The number of pyridine rings is 1. The van der Waals surface area contributed by atoms with Crippen LogP contribution < -0.4 is 5.56 Å². The van der Waals surface area contributed by atoms with Crippen molar-refractivity contribution in [3.8, 4) is 11.1 Å². The molecule has 34 heavy (non-hydrogen) atoms. The van der Waals surface area contributed by atoms with Crippen molar-refractivity contribution in [2.45, 2.75) is 19.4 Å². The van der Waals surface area contributed by atoms with E-state index in [0.29, 0.717) is 11.3 Å². The molecule has 0 amide bonds. The summed E-state index contributed by atoms with van der Waals surface area (Å²) in [5.74, 6) is 0. The third-order valence-corrected chi connectivity index (χ3v) is 6.76. The summed E-state index contributed by atoms with van der Waals surface area (Å²) in [6, 6.07) is 23.5. The van der Waals surface area contributed by atoms with Gasteiger partial charge in [0.25, 0.3) is 5.56 Å². The maximum Gasteiger partial charge on any atom is 0.251 e. The summed E-state index contributed by atoms with van der Waals surface area (Å²) in [6.45, 7) is 4.07. The number of hydrogen-bond donors (Lipinski definition) is 1. The second-order valence-electron chi connectivity index (χ2n) is 8.97. The van der Waals surface area contributed by atoms with Crippen molar-refractivity contribution in [3.05, 3.63) is 124 Å². The molecule has 3 aromatic carbocycles. The fraction of sp³-hybridized carbons (Fsp3) is 0.172. The van der Waals surface area contributed by atoms with Crippen LogP contribution in [0.1, 0.15) is 27.9 Å². The third kappa shape index (κ3) is 3.37. The van der Waals surface area contributed by atoms with Crippen LogP contribution in [-0.4, -0.2) is 19.2 Å². The minimum absolute atomic E-state index is 0.0704. The molecule has 5 nitrogen and oxygen atoms in total. The van der Waals surface area contributed by atoms with E-state index >= 15 is 0 Å². The summed E-state index contributed by atoms with van der Waals surface area (Å²) in [5, 5.41) is 13.3. The van der Waals surface area contributed by atoms with E-state index in [9.17, 15) is 9.90 Å². The molecule has 0 fully saturated rings. The van der Waals surface area contributed by atoms with Gasteiger partial charge in [-0.3, -0.25) is 4.79 Å². The van der Waals surface area contributed by atoms with Crippen molar-refractivity contribution in [1.82, 2.24) is 14.1 Å². The highest BCUT2D eigenvalue weighted by Crippen LogP contribution is 2.39. The Labute approximate surface area is 198 Å². The van der Waals surface area contributed by atoms with E-state index in [1.54, 1.807) is 30.2 Å². The molecule has 0 spiro atoms. The summed E-state index contributed by atoms with van der Waals surface area (Å²) in [7, 11) is 3.66. The molecule has 0 aliphatic rings. The van der Waals surface area contributed by atoms with Gasteiger partial charge in [0, 0.05) is 25.5 Å². The van der Waals surface area contributed by atoms with Gasteiger partial charge in [-0.2, -0.15) is 0 Å². The van der Waals surface area contributed by atoms with Crippen LogP contribution in [0, 0.1) is 13.8 Å². The van der Waals surface area contributed by atoms with Crippen LogP contribution in [0.4, 0.5) is 0 Å².